The van der Waals surface area contributed by atoms with Crippen LogP contribution in [0.15, 0.2) is 78.9 Å². The fourth-order valence-electron chi connectivity index (χ4n) is 3.53. The zero-order valence-corrected chi connectivity index (χ0v) is 17.9. The van der Waals surface area contributed by atoms with Crippen LogP contribution in [0.2, 0.25) is 5.02 Å². The first-order valence-corrected chi connectivity index (χ1v) is 10.3. The van der Waals surface area contributed by atoms with Crippen LogP contribution in [0, 0.1) is 6.92 Å². The second kappa shape index (κ2) is 9.10. The molecule has 0 aliphatic carbocycles. The molecular formula is C26H24ClNO2. The summed E-state index contributed by atoms with van der Waals surface area (Å²) in [5.41, 5.74) is 4.46. The lowest BCUT2D eigenvalue weighted by molar-refractivity contribution is 0.303. The Kier molecular flexibility index (Phi) is 6.10. The van der Waals surface area contributed by atoms with Gasteiger partial charge >= 0.3 is 0 Å². The highest BCUT2D eigenvalue weighted by molar-refractivity contribution is 6.32. The van der Waals surface area contributed by atoms with Crippen LogP contribution < -0.4 is 14.8 Å². The lowest BCUT2D eigenvalue weighted by Gasteiger charge is -2.17. The Morgan fingerprint density at radius 2 is 1.63 bits per heavy atom. The maximum Gasteiger partial charge on any atom is 0.137 e. The average Bonchev–Trinajstić information content (AvgIpc) is 2.77. The van der Waals surface area contributed by atoms with Gasteiger partial charge in [0.05, 0.1) is 12.1 Å². The van der Waals surface area contributed by atoms with Crippen LogP contribution in [-0.2, 0) is 13.2 Å². The van der Waals surface area contributed by atoms with Gasteiger partial charge in [-0.25, -0.2) is 0 Å². The molecule has 0 heterocycles. The van der Waals surface area contributed by atoms with Crippen molar-refractivity contribution in [1.82, 2.24) is 0 Å². The summed E-state index contributed by atoms with van der Waals surface area (Å²) < 4.78 is 11.5. The van der Waals surface area contributed by atoms with Crippen molar-refractivity contribution in [3.8, 4) is 11.5 Å². The van der Waals surface area contributed by atoms with E-state index in [0.29, 0.717) is 23.9 Å². The van der Waals surface area contributed by atoms with Gasteiger partial charge in [0, 0.05) is 17.8 Å². The Morgan fingerprint density at radius 3 is 2.43 bits per heavy atom. The van der Waals surface area contributed by atoms with Gasteiger partial charge in [0.2, 0.25) is 0 Å². The van der Waals surface area contributed by atoms with Crippen LogP contribution in [0.3, 0.4) is 0 Å². The van der Waals surface area contributed by atoms with Crippen molar-refractivity contribution in [1.29, 1.82) is 0 Å². The molecule has 0 aliphatic heterocycles. The number of benzene rings is 4. The van der Waals surface area contributed by atoms with E-state index in [4.69, 9.17) is 21.1 Å². The molecule has 4 aromatic rings. The van der Waals surface area contributed by atoms with Crippen molar-refractivity contribution in [2.75, 3.05) is 12.4 Å². The molecular weight excluding hydrogens is 394 g/mol. The summed E-state index contributed by atoms with van der Waals surface area (Å²) in [7, 11) is 1.61. The molecule has 3 nitrogen and oxygen atoms in total. The molecule has 30 heavy (non-hydrogen) atoms. The van der Waals surface area contributed by atoms with Crippen molar-refractivity contribution in [3.05, 3.63) is 101 Å². The number of halogens is 1. The van der Waals surface area contributed by atoms with Gasteiger partial charge in [0.1, 0.15) is 18.1 Å². The summed E-state index contributed by atoms with van der Waals surface area (Å²) in [6, 6.07) is 26.5. The molecule has 1 N–H and O–H groups in total. The van der Waals surface area contributed by atoms with Crippen LogP contribution in [0.1, 0.15) is 16.7 Å². The number of methoxy groups -OCH3 is 1. The van der Waals surface area contributed by atoms with Gasteiger partial charge in [0.25, 0.3) is 0 Å². The quantitative estimate of drug-likeness (QED) is 0.351. The molecule has 0 saturated carbocycles. The first-order chi connectivity index (χ1) is 14.7. The second-order valence-electron chi connectivity index (χ2n) is 7.18. The highest BCUT2D eigenvalue weighted by Gasteiger charge is 2.11. The normalized spacial score (nSPS) is 10.8. The first kappa shape index (κ1) is 20.1. The number of anilines is 1. The maximum absolute atomic E-state index is 6.28. The number of fused-ring (bicyclic) bond motifs is 1. The van der Waals surface area contributed by atoms with Gasteiger partial charge in [-0.15, -0.1) is 0 Å². The smallest absolute Gasteiger partial charge is 0.137 e. The molecule has 0 fully saturated rings. The molecule has 152 valence electrons. The summed E-state index contributed by atoms with van der Waals surface area (Å²) in [5, 5.41) is 6.41. The molecule has 0 aliphatic rings. The van der Waals surface area contributed by atoms with E-state index in [1.54, 1.807) is 7.11 Å². The Bertz CT molecular complexity index is 1170. The lowest BCUT2D eigenvalue weighted by Crippen LogP contribution is -2.05. The van der Waals surface area contributed by atoms with Crippen molar-refractivity contribution < 1.29 is 9.47 Å². The summed E-state index contributed by atoms with van der Waals surface area (Å²) in [5.74, 6) is 1.54. The van der Waals surface area contributed by atoms with Crippen LogP contribution in [-0.4, -0.2) is 7.11 Å². The third-order valence-electron chi connectivity index (χ3n) is 5.26. The highest BCUT2D eigenvalue weighted by Crippen LogP contribution is 2.31. The number of ether oxygens (including phenoxy) is 2. The maximum atomic E-state index is 6.28. The topological polar surface area (TPSA) is 30.5 Å². The molecule has 0 aromatic heterocycles. The van der Waals surface area contributed by atoms with E-state index in [9.17, 15) is 0 Å². The number of nitrogens with one attached hydrogen (secondary N) is 1. The molecule has 0 saturated heterocycles. The van der Waals surface area contributed by atoms with E-state index in [-0.39, 0.29) is 0 Å². The second-order valence-corrected chi connectivity index (χ2v) is 7.59. The van der Waals surface area contributed by atoms with Gasteiger partial charge < -0.3 is 14.8 Å². The molecule has 0 amide bonds. The van der Waals surface area contributed by atoms with Gasteiger partial charge in [0.15, 0.2) is 0 Å². The summed E-state index contributed by atoms with van der Waals surface area (Å²) in [6.07, 6.45) is 0. The number of hydrogen-bond acceptors (Lipinski definition) is 3. The molecule has 0 atom stereocenters. The Hall–Kier alpha value is -3.17. The van der Waals surface area contributed by atoms with Gasteiger partial charge in [-0.3, -0.25) is 0 Å². The third kappa shape index (κ3) is 4.37. The minimum atomic E-state index is 0.534. The highest BCUT2D eigenvalue weighted by atomic mass is 35.5. The largest absolute Gasteiger partial charge is 0.495 e. The molecule has 0 bridgehead atoms. The summed E-state index contributed by atoms with van der Waals surface area (Å²) in [4.78, 5) is 0. The lowest BCUT2D eigenvalue weighted by atomic mass is 10.0. The molecule has 0 radical (unpaired) electrons. The number of rotatable bonds is 7. The Balaban J connectivity index is 1.62. The Labute approximate surface area is 182 Å². The number of aryl methyl sites for hydroxylation is 1. The van der Waals surface area contributed by atoms with Gasteiger partial charge in [-0.1, -0.05) is 66.2 Å². The third-order valence-corrected chi connectivity index (χ3v) is 5.56. The minimum Gasteiger partial charge on any atom is -0.495 e. The van der Waals surface area contributed by atoms with Crippen molar-refractivity contribution in [2.45, 2.75) is 20.1 Å². The van der Waals surface area contributed by atoms with Crippen LogP contribution in [0.5, 0.6) is 11.5 Å². The molecule has 0 unspecified atom stereocenters. The SMILES string of the molecule is COc1ccc(NCc2c(OCc3ccccc3C)ccc3ccccc23)cc1Cl. The van der Waals surface area contributed by atoms with Crippen LogP contribution in [0.25, 0.3) is 10.8 Å². The van der Waals surface area contributed by atoms with Crippen LogP contribution in [0.4, 0.5) is 5.69 Å². The van der Waals surface area contributed by atoms with Crippen molar-refractivity contribution in [3.63, 3.8) is 0 Å². The Morgan fingerprint density at radius 1 is 0.867 bits per heavy atom. The van der Waals surface area contributed by atoms with Crippen molar-refractivity contribution >= 4 is 28.1 Å². The predicted molar refractivity (Wildman–Crippen MR) is 125 cm³/mol. The standard InChI is InChI=1S/C26H24ClNO2/c1-18-7-3-4-9-20(18)17-30-25-13-11-19-8-5-6-10-22(19)23(25)16-28-21-12-14-26(29-2)24(27)15-21/h3-15,28H,16-17H2,1-2H3. The predicted octanol–water partition coefficient (Wildman–Crippen LogP) is 7.00. The molecule has 4 aromatic carbocycles. The number of hydrogen-bond donors (Lipinski definition) is 1. The van der Waals surface area contributed by atoms with E-state index in [0.717, 1.165) is 17.0 Å². The zero-order chi connectivity index (χ0) is 20.9. The van der Waals surface area contributed by atoms with Gasteiger partial charge in [-0.2, -0.15) is 0 Å². The average molecular weight is 418 g/mol. The van der Waals surface area contributed by atoms with E-state index in [1.165, 1.54) is 21.9 Å². The molecule has 4 heteroatoms. The first-order valence-electron chi connectivity index (χ1n) is 9.91. The monoisotopic (exact) mass is 417 g/mol. The van der Waals surface area contributed by atoms with Crippen LogP contribution >= 0.6 is 11.6 Å². The summed E-state index contributed by atoms with van der Waals surface area (Å²) in [6.45, 7) is 3.26. The molecule has 0 spiro atoms. The summed E-state index contributed by atoms with van der Waals surface area (Å²) >= 11 is 6.28. The minimum absolute atomic E-state index is 0.534. The van der Waals surface area contributed by atoms with E-state index in [2.05, 4.69) is 60.8 Å². The van der Waals surface area contributed by atoms with E-state index < -0.39 is 0 Å². The van der Waals surface area contributed by atoms with Gasteiger partial charge in [-0.05, 0) is 53.1 Å². The van der Waals surface area contributed by atoms with E-state index in [1.807, 2.05) is 30.3 Å². The fourth-order valence-corrected chi connectivity index (χ4v) is 3.79. The molecule has 4 rings (SSSR count). The van der Waals surface area contributed by atoms with Crippen molar-refractivity contribution in [2.24, 2.45) is 0 Å². The fraction of sp³-hybridized carbons (Fsp3) is 0.154. The zero-order valence-electron chi connectivity index (χ0n) is 17.1. The van der Waals surface area contributed by atoms with E-state index >= 15 is 0 Å².